The minimum atomic E-state index is -0.326. The zero-order chi connectivity index (χ0) is 11.6. The molecule has 5 heteroatoms. The summed E-state index contributed by atoms with van der Waals surface area (Å²) in [6.07, 6.45) is 0.601. The van der Waals surface area contributed by atoms with Crippen molar-refractivity contribution in [2.75, 3.05) is 0 Å². The highest BCUT2D eigenvalue weighted by molar-refractivity contribution is 9.10. The number of rotatable bonds is 3. The Labute approximate surface area is 115 Å². The van der Waals surface area contributed by atoms with E-state index in [2.05, 4.69) is 22.5 Å². The minimum absolute atomic E-state index is 0. The lowest BCUT2D eigenvalue weighted by molar-refractivity contribution is 0.458. The molecule has 1 atom stereocenters. The number of halogens is 3. The van der Waals surface area contributed by atoms with Gasteiger partial charge >= 0.3 is 0 Å². The van der Waals surface area contributed by atoms with Crippen LogP contribution in [-0.2, 0) is 0 Å². The third-order valence-corrected chi connectivity index (χ3v) is 3.02. The maximum Gasteiger partial charge on any atom is 0.136 e. The van der Waals surface area contributed by atoms with E-state index in [1.807, 2.05) is 6.92 Å². The van der Waals surface area contributed by atoms with Crippen LogP contribution in [0.2, 0.25) is 5.02 Å². The average Bonchev–Trinajstić information content (AvgIpc) is 2.11. The molecule has 0 amide bonds. The highest BCUT2D eigenvalue weighted by atomic mass is 79.9. The Kier molecular flexibility index (Phi) is 6.41. The molecule has 1 aromatic carbocycles. The van der Waals surface area contributed by atoms with Crippen molar-refractivity contribution >= 4 is 39.9 Å². The molecule has 0 unspecified atom stereocenters. The van der Waals surface area contributed by atoms with Gasteiger partial charge in [-0.1, -0.05) is 17.2 Å². The van der Waals surface area contributed by atoms with Crippen molar-refractivity contribution < 1.29 is 5.11 Å². The number of nitrogens with two attached hydrogens (primary N) is 1. The van der Waals surface area contributed by atoms with Gasteiger partial charge in [-0.25, -0.2) is 0 Å². The number of hydrogen-bond donors (Lipinski definition) is 2. The number of phenolic OH excluding ortho intramolecular Hbond substituents is 1. The van der Waals surface area contributed by atoms with E-state index in [1.165, 1.54) is 0 Å². The lowest BCUT2D eigenvalue weighted by Crippen LogP contribution is -2.11. The third-order valence-electron chi connectivity index (χ3n) is 2.05. The summed E-state index contributed by atoms with van der Waals surface area (Å²) < 4.78 is 0.596. The van der Waals surface area contributed by atoms with Gasteiger partial charge in [0.2, 0.25) is 0 Å². The Morgan fingerprint density at radius 3 is 2.69 bits per heavy atom. The van der Waals surface area contributed by atoms with E-state index < -0.39 is 0 Å². The summed E-state index contributed by atoms with van der Waals surface area (Å²) >= 11 is 9.22. The van der Waals surface area contributed by atoms with Crippen molar-refractivity contribution in [2.45, 2.75) is 19.4 Å². The fourth-order valence-electron chi connectivity index (χ4n) is 1.39. The fraction of sp³-hybridized carbons (Fsp3) is 0.273. The highest BCUT2D eigenvalue weighted by Crippen LogP contribution is 2.37. The van der Waals surface area contributed by atoms with E-state index in [-0.39, 0.29) is 24.2 Å². The standard InChI is InChI=1S/C11H13BrClNO.ClH/c1-6(2)5-9(14)10-8(13)4-3-7(12)11(10)15;/h3-4,9,15H,1,5,14H2,2H3;1H/t9-;/m1./s1. The average molecular weight is 327 g/mol. The summed E-state index contributed by atoms with van der Waals surface area (Å²) in [5.41, 5.74) is 7.46. The van der Waals surface area contributed by atoms with E-state index in [0.29, 0.717) is 21.5 Å². The number of phenols is 1. The van der Waals surface area contributed by atoms with Crippen LogP contribution in [0.25, 0.3) is 0 Å². The van der Waals surface area contributed by atoms with Crippen LogP contribution in [-0.4, -0.2) is 5.11 Å². The Bertz CT molecular complexity index is 396. The van der Waals surface area contributed by atoms with Crippen LogP contribution in [0, 0.1) is 0 Å². The molecule has 0 fully saturated rings. The normalized spacial score (nSPS) is 11.8. The molecular formula is C11H14BrCl2NO. The zero-order valence-corrected chi connectivity index (χ0v) is 12.0. The molecule has 1 aromatic rings. The van der Waals surface area contributed by atoms with Crippen molar-refractivity contribution in [1.29, 1.82) is 0 Å². The number of benzene rings is 1. The molecule has 3 N–H and O–H groups in total. The van der Waals surface area contributed by atoms with Gasteiger partial charge in [-0.05, 0) is 41.4 Å². The van der Waals surface area contributed by atoms with Crippen molar-refractivity contribution in [3.05, 3.63) is 39.3 Å². The Morgan fingerprint density at radius 2 is 2.19 bits per heavy atom. The van der Waals surface area contributed by atoms with Crippen LogP contribution in [0.4, 0.5) is 0 Å². The lowest BCUT2D eigenvalue weighted by atomic mass is 10.0. The number of hydrogen-bond acceptors (Lipinski definition) is 2. The smallest absolute Gasteiger partial charge is 0.136 e. The molecule has 0 saturated carbocycles. The Hall–Kier alpha value is -0.220. The summed E-state index contributed by atoms with van der Waals surface area (Å²) in [6, 6.07) is 3.07. The van der Waals surface area contributed by atoms with Crippen molar-refractivity contribution in [3.63, 3.8) is 0 Å². The van der Waals surface area contributed by atoms with Crippen molar-refractivity contribution in [2.24, 2.45) is 5.73 Å². The maximum atomic E-state index is 9.82. The molecule has 16 heavy (non-hydrogen) atoms. The minimum Gasteiger partial charge on any atom is -0.506 e. The molecular weight excluding hydrogens is 313 g/mol. The SMILES string of the molecule is C=C(C)C[C@@H](N)c1c(Cl)ccc(Br)c1O.Cl. The van der Waals surface area contributed by atoms with Crippen molar-refractivity contribution in [3.8, 4) is 5.75 Å². The molecule has 0 spiro atoms. The van der Waals surface area contributed by atoms with Gasteiger partial charge in [0, 0.05) is 16.6 Å². The quantitative estimate of drug-likeness (QED) is 0.818. The van der Waals surface area contributed by atoms with Gasteiger partial charge in [0.1, 0.15) is 5.75 Å². The molecule has 0 aliphatic rings. The summed E-state index contributed by atoms with van der Waals surface area (Å²) in [5, 5.41) is 10.3. The summed E-state index contributed by atoms with van der Waals surface area (Å²) in [4.78, 5) is 0. The van der Waals surface area contributed by atoms with Crippen molar-refractivity contribution in [1.82, 2.24) is 0 Å². The summed E-state index contributed by atoms with van der Waals surface area (Å²) in [7, 11) is 0. The molecule has 1 rings (SSSR count). The van der Waals surface area contributed by atoms with E-state index >= 15 is 0 Å². The van der Waals surface area contributed by atoms with E-state index in [4.69, 9.17) is 17.3 Å². The van der Waals surface area contributed by atoms with Gasteiger partial charge < -0.3 is 10.8 Å². The molecule has 0 aliphatic carbocycles. The second-order valence-corrected chi connectivity index (χ2v) is 4.82. The predicted molar refractivity (Wildman–Crippen MR) is 74.4 cm³/mol. The molecule has 0 aliphatic heterocycles. The van der Waals surface area contributed by atoms with Crippen LogP contribution < -0.4 is 5.73 Å². The molecule has 0 heterocycles. The van der Waals surface area contributed by atoms with Gasteiger partial charge in [-0.15, -0.1) is 19.0 Å². The van der Waals surface area contributed by atoms with E-state index in [0.717, 1.165) is 5.57 Å². The molecule has 0 radical (unpaired) electrons. The molecule has 0 aromatic heterocycles. The van der Waals surface area contributed by atoms with E-state index in [9.17, 15) is 5.11 Å². The van der Waals surface area contributed by atoms with Crippen LogP contribution in [0.3, 0.4) is 0 Å². The third kappa shape index (κ3) is 3.67. The van der Waals surface area contributed by atoms with Gasteiger partial charge in [-0.3, -0.25) is 0 Å². The second-order valence-electron chi connectivity index (χ2n) is 3.56. The second kappa shape index (κ2) is 6.50. The summed E-state index contributed by atoms with van der Waals surface area (Å²) in [5.74, 6) is 0.108. The van der Waals surface area contributed by atoms with Gasteiger partial charge in [-0.2, -0.15) is 0 Å². The molecule has 2 nitrogen and oxygen atoms in total. The first-order valence-electron chi connectivity index (χ1n) is 4.50. The first-order chi connectivity index (χ1) is 6.93. The lowest BCUT2D eigenvalue weighted by Gasteiger charge is -2.16. The first kappa shape index (κ1) is 15.8. The highest BCUT2D eigenvalue weighted by Gasteiger charge is 2.17. The van der Waals surface area contributed by atoms with Crippen LogP contribution in [0.1, 0.15) is 24.9 Å². The van der Waals surface area contributed by atoms with Gasteiger partial charge in [0.25, 0.3) is 0 Å². The topological polar surface area (TPSA) is 46.2 Å². The first-order valence-corrected chi connectivity index (χ1v) is 5.67. The van der Waals surface area contributed by atoms with Crippen LogP contribution >= 0.6 is 39.9 Å². The fourth-order valence-corrected chi connectivity index (χ4v) is 2.03. The monoisotopic (exact) mass is 325 g/mol. The van der Waals surface area contributed by atoms with E-state index in [1.54, 1.807) is 12.1 Å². The molecule has 0 saturated heterocycles. The zero-order valence-electron chi connectivity index (χ0n) is 8.84. The maximum absolute atomic E-state index is 9.82. The molecule has 90 valence electrons. The Balaban J connectivity index is 0.00000225. The summed E-state index contributed by atoms with van der Waals surface area (Å²) in [6.45, 7) is 5.68. The van der Waals surface area contributed by atoms with Gasteiger partial charge in [0.05, 0.1) is 4.47 Å². The number of aromatic hydroxyl groups is 1. The Morgan fingerprint density at radius 1 is 1.62 bits per heavy atom. The van der Waals surface area contributed by atoms with Crippen LogP contribution in [0.15, 0.2) is 28.8 Å². The van der Waals surface area contributed by atoms with Crippen LogP contribution in [0.5, 0.6) is 5.75 Å². The largest absolute Gasteiger partial charge is 0.506 e. The molecule has 0 bridgehead atoms. The van der Waals surface area contributed by atoms with Gasteiger partial charge in [0.15, 0.2) is 0 Å². The predicted octanol–water partition coefficient (Wildman–Crippen LogP) is 4.20.